The van der Waals surface area contributed by atoms with Crippen molar-refractivity contribution in [3.63, 3.8) is 0 Å². The minimum Gasteiger partial charge on any atom is -0.465 e. The Morgan fingerprint density at radius 2 is 1.12 bits per heavy atom. The van der Waals surface area contributed by atoms with Gasteiger partial charge in [-0.2, -0.15) is 29.8 Å². The highest BCUT2D eigenvalue weighted by molar-refractivity contribution is 5.94. The number of aromatic nitrogens is 10. The number of hydrogen-bond donors (Lipinski definition) is 4. The van der Waals surface area contributed by atoms with Gasteiger partial charge < -0.3 is 20.3 Å². The Morgan fingerprint density at radius 1 is 0.712 bits per heavy atom. The average molecular weight is 717 g/mol. The number of aryl methyl sites for hydroxylation is 4. The van der Waals surface area contributed by atoms with E-state index in [9.17, 15) is 9.59 Å². The Labute approximate surface area is 297 Å². The standard InChI is InChI=1S/C30H40N18O4/c1-7-9-11-19-23(39-41-25-17(29(49)51-5)15-33-45(25)3)27(35-31)47(43-19)21-13-14-22(38-37-21)48-28(36-32)24(20(44-48)12-10-8-2)40-42-26-18(30(50)52-6)16-34-46(26)4/h13-16,35-36H,7-12,31-32H2,1-6H3. The van der Waals surface area contributed by atoms with E-state index in [1.807, 2.05) is 0 Å². The van der Waals surface area contributed by atoms with Gasteiger partial charge in [-0.25, -0.2) is 30.6 Å². The number of nitrogens with zero attached hydrogens (tertiary/aromatic N) is 14. The monoisotopic (exact) mass is 716 g/mol. The zero-order valence-electron chi connectivity index (χ0n) is 29.6. The second kappa shape index (κ2) is 16.5. The van der Waals surface area contributed by atoms with Crippen LogP contribution in [0.15, 0.2) is 45.0 Å². The third-order valence-electron chi connectivity index (χ3n) is 7.85. The van der Waals surface area contributed by atoms with Gasteiger partial charge in [0.1, 0.15) is 11.1 Å². The Bertz CT molecular complexity index is 1940. The third-order valence-corrected chi connectivity index (χ3v) is 7.85. The highest BCUT2D eigenvalue weighted by atomic mass is 16.5. The van der Waals surface area contributed by atoms with Crippen molar-refractivity contribution >= 4 is 46.6 Å². The molecule has 0 saturated carbocycles. The molecule has 0 fully saturated rings. The van der Waals surface area contributed by atoms with E-state index in [1.54, 1.807) is 26.2 Å². The van der Waals surface area contributed by atoms with Gasteiger partial charge in [0.05, 0.1) is 38.0 Å². The van der Waals surface area contributed by atoms with Crippen molar-refractivity contribution in [3.8, 4) is 11.6 Å². The number of nitrogen functional groups attached to an aromatic ring is 2. The van der Waals surface area contributed by atoms with Gasteiger partial charge in [0, 0.05) is 14.1 Å². The van der Waals surface area contributed by atoms with Crippen LogP contribution in [-0.4, -0.2) is 75.5 Å². The molecule has 0 bridgehead atoms. The molecule has 5 aromatic heterocycles. The second-order valence-electron chi connectivity index (χ2n) is 11.3. The van der Waals surface area contributed by atoms with Gasteiger partial charge in [-0.05, 0) is 37.8 Å². The third kappa shape index (κ3) is 7.36. The number of rotatable bonds is 16. The average Bonchev–Trinajstić information content (AvgIpc) is 3.92. The van der Waals surface area contributed by atoms with Gasteiger partial charge in [-0.3, -0.25) is 0 Å². The fraction of sp³-hybridized carbons (Fsp3) is 0.400. The van der Waals surface area contributed by atoms with E-state index >= 15 is 0 Å². The van der Waals surface area contributed by atoms with Gasteiger partial charge in [-0.1, -0.05) is 26.7 Å². The highest BCUT2D eigenvalue weighted by Gasteiger charge is 2.24. The molecule has 5 heterocycles. The molecule has 0 aromatic carbocycles. The minimum absolute atomic E-state index is 0.148. The van der Waals surface area contributed by atoms with Crippen molar-refractivity contribution in [2.45, 2.75) is 52.4 Å². The van der Waals surface area contributed by atoms with Crippen LogP contribution >= 0.6 is 0 Å². The first-order valence-corrected chi connectivity index (χ1v) is 16.3. The molecule has 0 aliphatic heterocycles. The minimum atomic E-state index is -0.601. The zero-order valence-corrected chi connectivity index (χ0v) is 29.6. The molecule has 0 saturated heterocycles. The largest absolute Gasteiger partial charge is 0.465 e. The van der Waals surface area contributed by atoms with Crippen molar-refractivity contribution in [2.75, 3.05) is 25.1 Å². The summed E-state index contributed by atoms with van der Waals surface area (Å²) in [6.45, 7) is 4.11. The topological polar surface area (TPSA) is 275 Å². The van der Waals surface area contributed by atoms with Crippen LogP contribution < -0.4 is 22.5 Å². The second-order valence-corrected chi connectivity index (χ2v) is 11.3. The van der Waals surface area contributed by atoms with Crippen molar-refractivity contribution in [2.24, 2.45) is 46.2 Å². The van der Waals surface area contributed by atoms with Crippen LogP contribution in [0.4, 0.5) is 34.6 Å². The number of carbonyl (C=O) groups is 2. The smallest absolute Gasteiger partial charge is 0.343 e. The molecule has 22 nitrogen and oxygen atoms in total. The summed E-state index contributed by atoms with van der Waals surface area (Å²) in [7, 11) is 5.81. The van der Waals surface area contributed by atoms with E-state index in [0.29, 0.717) is 47.2 Å². The Kier molecular flexibility index (Phi) is 11.7. The number of ether oxygens (including phenoxy) is 2. The molecule has 5 aromatic rings. The first-order chi connectivity index (χ1) is 25.2. The lowest BCUT2D eigenvalue weighted by Gasteiger charge is -2.08. The van der Waals surface area contributed by atoms with Crippen molar-refractivity contribution in [1.29, 1.82) is 0 Å². The summed E-state index contributed by atoms with van der Waals surface area (Å²) in [6.07, 6.45) is 7.25. The van der Waals surface area contributed by atoms with Crippen LogP contribution in [0.3, 0.4) is 0 Å². The molecule has 0 amide bonds. The molecule has 6 N–H and O–H groups in total. The molecule has 0 radical (unpaired) electrons. The van der Waals surface area contributed by atoms with Crippen molar-refractivity contribution < 1.29 is 19.1 Å². The fourth-order valence-electron chi connectivity index (χ4n) is 5.08. The Hall–Kier alpha value is -6.42. The molecule has 0 spiro atoms. The molecule has 52 heavy (non-hydrogen) atoms. The number of nitrogens with two attached hydrogens (primary N) is 2. The maximum atomic E-state index is 12.3. The fourth-order valence-corrected chi connectivity index (χ4v) is 5.08. The number of azo groups is 2. The summed E-state index contributed by atoms with van der Waals surface area (Å²) in [4.78, 5) is 24.5. The molecule has 22 heteroatoms. The lowest BCUT2D eigenvalue weighted by Crippen LogP contribution is -2.15. The van der Waals surface area contributed by atoms with E-state index in [4.69, 9.17) is 31.4 Å². The Morgan fingerprint density at radius 3 is 1.44 bits per heavy atom. The molecule has 0 aliphatic carbocycles. The Balaban J connectivity index is 1.54. The van der Waals surface area contributed by atoms with Crippen molar-refractivity contribution in [3.05, 3.63) is 47.0 Å². The van der Waals surface area contributed by atoms with Gasteiger partial charge in [0.2, 0.25) is 0 Å². The summed E-state index contributed by atoms with van der Waals surface area (Å²) in [5.41, 5.74) is 7.48. The van der Waals surface area contributed by atoms with E-state index in [0.717, 1.165) is 25.7 Å². The molecule has 0 atom stereocenters. The predicted molar refractivity (Wildman–Crippen MR) is 187 cm³/mol. The number of anilines is 2. The quantitative estimate of drug-likeness (QED) is 0.0487. The van der Waals surface area contributed by atoms with E-state index in [-0.39, 0.29) is 34.4 Å². The molecular formula is C30H40N18O4. The maximum absolute atomic E-state index is 12.3. The zero-order chi connectivity index (χ0) is 37.4. The number of esters is 2. The van der Waals surface area contributed by atoms with Gasteiger partial charge in [0.25, 0.3) is 0 Å². The lowest BCUT2D eigenvalue weighted by atomic mass is 10.2. The summed E-state index contributed by atoms with van der Waals surface area (Å²) in [5, 5.41) is 44.0. The van der Waals surface area contributed by atoms with Crippen LogP contribution in [0, 0.1) is 0 Å². The predicted octanol–water partition coefficient (Wildman–Crippen LogP) is 3.98. The van der Waals surface area contributed by atoms with Crippen LogP contribution in [0.1, 0.15) is 71.6 Å². The number of hydrogen-bond acceptors (Lipinski definition) is 18. The van der Waals surface area contributed by atoms with Crippen molar-refractivity contribution in [1.82, 2.24) is 49.3 Å². The number of methoxy groups -OCH3 is 2. The first-order valence-electron chi connectivity index (χ1n) is 16.3. The summed E-state index contributed by atoms with van der Waals surface area (Å²) >= 11 is 0. The van der Waals surface area contributed by atoms with Crippen LogP contribution in [0.5, 0.6) is 0 Å². The van der Waals surface area contributed by atoms with Gasteiger partial charge in [-0.15, -0.1) is 30.7 Å². The first kappa shape index (κ1) is 36.9. The number of nitrogens with one attached hydrogen (secondary N) is 2. The van der Waals surface area contributed by atoms with Gasteiger partial charge >= 0.3 is 11.9 Å². The molecule has 0 aliphatic rings. The number of carbonyl (C=O) groups excluding carboxylic acids is 2. The van der Waals surface area contributed by atoms with Crippen LogP contribution in [0.2, 0.25) is 0 Å². The van der Waals surface area contributed by atoms with E-state index in [2.05, 4.69) is 65.6 Å². The van der Waals surface area contributed by atoms with Crippen LogP contribution in [0.25, 0.3) is 11.6 Å². The SMILES string of the molecule is CCCCc1nn(-c2ccc(-n3nc(CCCC)c(N=Nc4c(C(=O)OC)cnn4C)c3NN)nn2)c(NN)c1N=Nc1c(C(=O)OC)cnn1C. The molecular weight excluding hydrogens is 676 g/mol. The summed E-state index contributed by atoms with van der Waals surface area (Å²) in [6, 6.07) is 3.34. The van der Waals surface area contributed by atoms with Crippen LogP contribution in [-0.2, 0) is 36.4 Å². The number of hydrazine groups is 2. The van der Waals surface area contributed by atoms with E-state index in [1.165, 1.54) is 45.3 Å². The molecule has 274 valence electrons. The van der Waals surface area contributed by atoms with Gasteiger partial charge in [0.15, 0.2) is 46.3 Å². The van der Waals surface area contributed by atoms with E-state index < -0.39 is 11.9 Å². The highest BCUT2D eigenvalue weighted by Crippen LogP contribution is 2.36. The number of unbranched alkanes of at least 4 members (excludes halogenated alkanes) is 2. The molecule has 0 unspecified atom stereocenters. The summed E-state index contributed by atoms with van der Waals surface area (Å²) < 4.78 is 15.4. The lowest BCUT2D eigenvalue weighted by molar-refractivity contribution is 0.0592. The summed E-state index contributed by atoms with van der Waals surface area (Å²) in [5.74, 6) is 12.4. The maximum Gasteiger partial charge on any atom is 0.343 e. The normalized spacial score (nSPS) is 11.5. The molecule has 5 rings (SSSR count).